The van der Waals surface area contributed by atoms with Crippen molar-refractivity contribution in [1.82, 2.24) is 20.4 Å². The van der Waals surface area contributed by atoms with Gasteiger partial charge in [0.2, 0.25) is 5.82 Å². The second kappa shape index (κ2) is 8.50. The van der Waals surface area contributed by atoms with E-state index in [1.54, 1.807) is 0 Å². The molecule has 6 nitrogen and oxygen atoms in total. The Kier molecular flexibility index (Phi) is 5.77. The zero-order valence-corrected chi connectivity index (χ0v) is 16.8. The number of aryl methyl sites for hydroxylation is 1. The van der Waals surface area contributed by atoms with Crippen molar-refractivity contribution in [3.05, 3.63) is 71.1 Å². The van der Waals surface area contributed by atoms with Crippen LogP contribution >= 0.6 is 0 Å². The number of benzene rings is 2. The third kappa shape index (κ3) is 5.11. The minimum Gasteiger partial charge on any atom is -0.348 e. The summed E-state index contributed by atoms with van der Waals surface area (Å²) in [7, 11) is 0. The van der Waals surface area contributed by atoms with Crippen LogP contribution in [0, 0.1) is 6.92 Å². The van der Waals surface area contributed by atoms with Gasteiger partial charge in [-0.15, -0.1) is 0 Å². The maximum atomic E-state index is 12.6. The van der Waals surface area contributed by atoms with Crippen LogP contribution < -0.4 is 5.32 Å². The van der Waals surface area contributed by atoms with Crippen LogP contribution in [-0.2, 0) is 12.7 Å². The first kappa shape index (κ1) is 21.0. The fraction of sp³-hybridized carbons (Fsp3) is 0.318. The van der Waals surface area contributed by atoms with E-state index in [-0.39, 0.29) is 17.8 Å². The van der Waals surface area contributed by atoms with Gasteiger partial charge in [0.1, 0.15) is 0 Å². The highest BCUT2D eigenvalue weighted by Gasteiger charge is 2.38. The number of alkyl halides is 3. The van der Waals surface area contributed by atoms with E-state index in [0.717, 1.165) is 26.1 Å². The molecule has 0 spiro atoms. The topological polar surface area (TPSA) is 71.3 Å². The highest BCUT2D eigenvalue weighted by atomic mass is 19.4. The molecule has 1 atom stereocenters. The summed E-state index contributed by atoms with van der Waals surface area (Å²) in [4.78, 5) is 18.2. The molecule has 1 amide bonds. The molecule has 31 heavy (non-hydrogen) atoms. The summed E-state index contributed by atoms with van der Waals surface area (Å²) in [5.74, 6) is -1.81. The van der Waals surface area contributed by atoms with Gasteiger partial charge in [-0.25, -0.2) is 0 Å². The number of amides is 1. The lowest BCUT2D eigenvalue weighted by atomic mass is 10.1. The summed E-state index contributed by atoms with van der Waals surface area (Å²) in [5, 5.41) is 6.37. The van der Waals surface area contributed by atoms with E-state index >= 15 is 0 Å². The molecule has 2 heterocycles. The van der Waals surface area contributed by atoms with Crippen LogP contribution in [0.2, 0.25) is 0 Å². The molecule has 0 aliphatic carbocycles. The number of nitrogens with one attached hydrogen (secondary N) is 1. The van der Waals surface area contributed by atoms with E-state index < -0.39 is 12.1 Å². The second-order valence-electron chi connectivity index (χ2n) is 7.68. The molecule has 1 N–H and O–H groups in total. The summed E-state index contributed by atoms with van der Waals surface area (Å²) < 4.78 is 42.0. The van der Waals surface area contributed by atoms with Crippen molar-refractivity contribution in [3.63, 3.8) is 0 Å². The molecule has 0 saturated carbocycles. The summed E-state index contributed by atoms with van der Waals surface area (Å²) in [5.41, 5.74) is 3.21. The lowest BCUT2D eigenvalue weighted by Crippen LogP contribution is -2.36. The zero-order chi connectivity index (χ0) is 22.0. The third-order valence-corrected chi connectivity index (χ3v) is 5.21. The number of halogens is 3. The standard InChI is InChI=1S/C22H21F3N4O2/c1-14-2-4-15(5-3-14)12-29-11-10-18(13-29)26-20(30)17-8-6-16(7-9-17)19-27-21(31-28-19)22(23,24)25/h2-9,18H,10-13H2,1H3,(H,26,30). The highest BCUT2D eigenvalue weighted by molar-refractivity contribution is 5.94. The van der Waals surface area contributed by atoms with Gasteiger partial charge in [-0.05, 0) is 31.0 Å². The molecule has 9 heteroatoms. The molecule has 0 radical (unpaired) electrons. The number of hydrogen-bond donors (Lipinski definition) is 1. The molecule has 4 rings (SSSR count). The fourth-order valence-corrected chi connectivity index (χ4v) is 3.54. The Balaban J connectivity index is 1.33. The fourth-order valence-electron chi connectivity index (χ4n) is 3.54. The SMILES string of the molecule is Cc1ccc(CN2CCC(NC(=O)c3ccc(-c4noc(C(F)(F)F)n4)cc3)C2)cc1. The van der Waals surface area contributed by atoms with Crippen molar-refractivity contribution < 1.29 is 22.5 Å². The highest BCUT2D eigenvalue weighted by Crippen LogP contribution is 2.29. The summed E-state index contributed by atoms with van der Waals surface area (Å²) in [6.07, 6.45) is -3.83. The predicted molar refractivity (Wildman–Crippen MR) is 107 cm³/mol. The number of aromatic nitrogens is 2. The maximum absolute atomic E-state index is 12.6. The van der Waals surface area contributed by atoms with Gasteiger partial charge in [-0.3, -0.25) is 9.69 Å². The monoisotopic (exact) mass is 430 g/mol. The summed E-state index contributed by atoms with van der Waals surface area (Å²) in [6, 6.07) is 14.5. The first-order chi connectivity index (χ1) is 14.8. The molecule has 1 aliphatic rings. The number of likely N-dealkylation sites (tertiary alicyclic amines) is 1. The van der Waals surface area contributed by atoms with E-state index in [1.165, 1.54) is 35.4 Å². The average molecular weight is 430 g/mol. The molecule has 162 valence electrons. The van der Waals surface area contributed by atoms with Gasteiger partial charge in [-0.1, -0.05) is 47.1 Å². The van der Waals surface area contributed by atoms with Crippen molar-refractivity contribution in [3.8, 4) is 11.4 Å². The Bertz CT molecular complexity index is 1050. The third-order valence-electron chi connectivity index (χ3n) is 5.21. The quantitative estimate of drug-likeness (QED) is 0.661. The van der Waals surface area contributed by atoms with Gasteiger partial charge < -0.3 is 9.84 Å². The van der Waals surface area contributed by atoms with Gasteiger partial charge in [-0.2, -0.15) is 18.2 Å². The molecule has 0 bridgehead atoms. The Labute approximate surface area is 177 Å². The first-order valence-corrected chi connectivity index (χ1v) is 9.88. The molecule has 1 fully saturated rings. The normalized spacial score (nSPS) is 17.1. The molecule has 1 unspecified atom stereocenters. The van der Waals surface area contributed by atoms with E-state index in [1.807, 2.05) is 0 Å². The van der Waals surface area contributed by atoms with Crippen LogP contribution in [0.4, 0.5) is 13.2 Å². The molecule has 1 saturated heterocycles. The summed E-state index contributed by atoms with van der Waals surface area (Å²) in [6.45, 7) is 4.56. The minimum atomic E-state index is -4.69. The number of rotatable bonds is 5. The molecular weight excluding hydrogens is 409 g/mol. The Morgan fingerprint density at radius 2 is 1.87 bits per heavy atom. The average Bonchev–Trinajstić information content (AvgIpc) is 3.40. The molecule has 3 aromatic rings. The van der Waals surface area contributed by atoms with Crippen molar-refractivity contribution in [2.24, 2.45) is 0 Å². The van der Waals surface area contributed by atoms with Crippen molar-refractivity contribution in [2.75, 3.05) is 13.1 Å². The number of carbonyl (C=O) groups is 1. The van der Waals surface area contributed by atoms with E-state index in [2.05, 4.69) is 56.1 Å². The maximum Gasteiger partial charge on any atom is 0.471 e. The van der Waals surface area contributed by atoms with Gasteiger partial charge in [0.25, 0.3) is 5.91 Å². The van der Waals surface area contributed by atoms with Crippen LogP contribution in [-0.4, -0.2) is 40.1 Å². The molecule has 2 aromatic carbocycles. The van der Waals surface area contributed by atoms with E-state index in [0.29, 0.717) is 11.1 Å². The Morgan fingerprint density at radius 3 is 2.52 bits per heavy atom. The Morgan fingerprint density at radius 1 is 1.16 bits per heavy atom. The smallest absolute Gasteiger partial charge is 0.348 e. The van der Waals surface area contributed by atoms with Gasteiger partial charge >= 0.3 is 12.1 Å². The molecule has 1 aliphatic heterocycles. The van der Waals surface area contributed by atoms with Crippen molar-refractivity contribution in [1.29, 1.82) is 0 Å². The van der Waals surface area contributed by atoms with E-state index in [4.69, 9.17) is 0 Å². The second-order valence-corrected chi connectivity index (χ2v) is 7.68. The molecule has 1 aromatic heterocycles. The van der Waals surface area contributed by atoms with Crippen molar-refractivity contribution >= 4 is 5.91 Å². The van der Waals surface area contributed by atoms with Crippen LogP contribution in [0.15, 0.2) is 53.1 Å². The van der Waals surface area contributed by atoms with Crippen molar-refractivity contribution in [2.45, 2.75) is 32.1 Å². The van der Waals surface area contributed by atoms with Crippen LogP contribution in [0.1, 0.15) is 33.8 Å². The lowest BCUT2D eigenvalue weighted by Gasteiger charge is -2.17. The first-order valence-electron chi connectivity index (χ1n) is 9.88. The van der Waals surface area contributed by atoms with Crippen LogP contribution in [0.25, 0.3) is 11.4 Å². The van der Waals surface area contributed by atoms with Crippen LogP contribution in [0.5, 0.6) is 0 Å². The van der Waals surface area contributed by atoms with Gasteiger partial charge in [0.05, 0.1) is 0 Å². The number of nitrogens with zero attached hydrogens (tertiary/aromatic N) is 3. The zero-order valence-electron chi connectivity index (χ0n) is 16.8. The summed E-state index contributed by atoms with van der Waals surface area (Å²) >= 11 is 0. The lowest BCUT2D eigenvalue weighted by molar-refractivity contribution is -0.159. The molecular formula is C22H21F3N4O2. The van der Waals surface area contributed by atoms with Gasteiger partial charge in [0, 0.05) is 36.8 Å². The van der Waals surface area contributed by atoms with Gasteiger partial charge in [0.15, 0.2) is 0 Å². The largest absolute Gasteiger partial charge is 0.471 e. The minimum absolute atomic E-state index is 0.0455. The number of carbonyl (C=O) groups excluding carboxylic acids is 1. The predicted octanol–water partition coefficient (Wildman–Crippen LogP) is 4.07. The number of hydrogen-bond acceptors (Lipinski definition) is 5. The van der Waals surface area contributed by atoms with E-state index in [9.17, 15) is 18.0 Å². The van der Waals surface area contributed by atoms with Crippen LogP contribution in [0.3, 0.4) is 0 Å². The Hall–Kier alpha value is -3.20.